The van der Waals surface area contributed by atoms with E-state index in [1.165, 1.54) is 12.3 Å². The van der Waals surface area contributed by atoms with E-state index in [-0.39, 0.29) is 41.5 Å². The van der Waals surface area contributed by atoms with Crippen LogP contribution in [0.3, 0.4) is 0 Å². The lowest BCUT2D eigenvalue weighted by Gasteiger charge is -2.06. The zero-order valence-electron chi connectivity index (χ0n) is 14.2. The first-order chi connectivity index (χ1) is 12.0. The molecule has 0 saturated carbocycles. The molecule has 0 atom stereocenters. The lowest BCUT2D eigenvalue weighted by molar-refractivity contribution is -0.116. The molecule has 0 radical (unpaired) electrons. The summed E-state index contributed by atoms with van der Waals surface area (Å²) in [6.07, 6.45) is 2.72. The van der Waals surface area contributed by atoms with Gasteiger partial charge in [0.25, 0.3) is 5.91 Å². The molecular weight excluding hydrogens is 330 g/mol. The Balaban J connectivity index is 2.48. The Hall–Kier alpha value is -3.10. The molecule has 134 valence electrons. The lowest BCUT2D eigenvalue weighted by atomic mass is 10.1. The Kier molecular flexibility index (Phi) is 5.93. The zero-order chi connectivity index (χ0) is 18.4. The van der Waals surface area contributed by atoms with Gasteiger partial charge in [0.2, 0.25) is 5.90 Å². The van der Waals surface area contributed by atoms with Gasteiger partial charge in [-0.15, -0.1) is 5.10 Å². The standard InChI is InChI=1S/C16H19N3O6/c1-4-23-14-9(13(20)18-19-14)7-11-12(16(22)25-6-3)10(8-17-11)15(21)24-5-2/h7-8,17H,4-6H2,1-3H3,(H,18,20). The molecule has 0 spiro atoms. The highest BCUT2D eigenvalue weighted by molar-refractivity contribution is 6.25. The first-order valence-corrected chi connectivity index (χ1v) is 7.81. The van der Waals surface area contributed by atoms with Crippen LogP contribution in [0.15, 0.2) is 16.9 Å². The average molecular weight is 349 g/mol. The highest BCUT2D eigenvalue weighted by Gasteiger charge is 2.28. The van der Waals surface area contributed by atoms with Crippen molar-refractivity contribution in [2.75, 3.05) is 19.8 Å². The van der Waals surface area contributed by atoms with Crippen LogP contribution in [0.1, 0.15) is 47.2 Å². The second-order valence-electron chi connectivity index (χ2n) is 4.78. The highest BCUT2D eigenvalue weighted by Crippen LogP contribution is 2.21. The molecule has 0 aliphatic carbocycles. The molecule has 1 aliphatic rings. The quantitative estimate of drug-likeness (QED) is 0.589. The molecule has 9 heteroatoms. The van der Waals surface area contributed by atoms with E-state index in [0.29, 0.717) is 6.61 Å². The largest absolute Gasteiger partial charge is 0.476 e. The van der Waals surface area contributed by atoms with Crippen molar-refractivity contribution < 1.29 is 28.6 Å². The summed E-state index contributed by atoms with van der Waals surface area (Å²) >= 11 is 0. The van der Waals surface area contributed by atoms with Crippen molar-refractivity contribution in [2.45, 2.75) is 20.8 Å². The second kappa shape index (κ2) is 8.13. The number of hydrazone groups is 1. The van der Waals surface area contributed by atoms with Crippen LogP contribution in [-0.4, -0.2) is 48.5 Å². The maximum Gasteiger partial charge on any atom is 0.341 e. The number of nitrogens with zero attached hydrogens (tertiary/aromatic N) is 1. The highest BCUT2D eigenvalue weighted by atomic mass is 16.5. The van der Waals surface area contributed by atoms with Crippen molar-refractivity contribution in [1.82, 2.24) is 10.4 Å². The number of nitrogens with one attached hydrogen (secondary N) is 2. The third-order valence-corrected chi connectivity index (χ3v) is 3.19. The van der Waals surface area contributed by atoms with Crippen LogP contribution in [-0.2, 0) is 19.0 Å². The van der Waals surface area contributed by atoms with Gasteiger partial charge in [0, 0.05) is 6.20 Å². The Morgan fingerprint density at radius 1 is 1.12 bits per heavy atom. The summed E-state index contributed by atoms with van der Waals surface area (Å²) in [7, 11) is 0. The van der Waals surface area contributed by atoms with Gasteiger partial charge in [0.15, 0.2) is 0 Å². The molecule has 2 rings (SSSR count). The molecule has 2 N–H and O–H groups in total. The van der Waals surface area contributed by atoms with Gasteiger partial charge < -0.3 is 19.2 Å². The fourth-order valence-corrected chi connectivity index (χ4v) is 2.18. The summed E-state index contributed by atoms with van der Waals surface area (Å²) in [5.74, 6) is -1.74. The fraction of sp³-hybridized carbons (Fsp3) is 0.375. The summed E-state index contributed by atoms with van der Waals surface area (Å²) in [6.45, 7) is 5.66. The Labute approximate surface area is 144 Å². The summed E-state index contributed by atoms with van der Waals surface area (Å²) in [6, 6.07) is 0. The maximum absolute atomic E-state index is 12.3. The molecule has 0 fully saturated rings. The minimum Gasteiger partial charge on any atom is -0.476 e. The van der Waals surface area contributed by atoms with Crippen molar-refractivity contribution in [3.8, 4) is 0 Å². The number of aromatic nitrogens is 1. The second-order valence-corrected chi connectivity index (χ2v) is 4.78. The van der Waals surface area contributed by atoms with Crippen molar-refractivity contribution >= 4 is 29.8 Å². The summed E-state index contributed by atoms with van der Waals surface area (Å²) in [5.41, 5.74) is 2.65. The molecule has 1 aromatic rings. The van der Waals surface area contributed by atoms with Gasteiger partial charge in [-0.3, -0.25) is 4.79 Å². The number of carbonyl (C=O) groups excluding carboxylic acids is 3. The van der Waals surface area contributed by atoms with Crippen molar-refractivity contribution in [3.63, 3.8) is 0 Å². The number of esters is 2. The third kappa shape index (κ3) is 3.87. The van der Waals surface area contributed by atoms with Crippen LogP contribution in [0.25, 0.3) is 6.08 Å². The first-order valence-electron chi connectivity index (χ1n) is 7.81. The van der Waals surface area contributed by atoms with E-state index in [0.717, 1.165) is 0 Å². The molecule has 0 aromatic carbocycles. The van der Waals surface area contributed by atoms with Crippen molar-refractivity contribution in [1.29, 1.82) is 0 Å². The monoisotopic (exact) mass is 349 g/mol. The van der Waals surface area contributed by atoms with E-state index in [1.54, 1.807) is 20.8 Å². The lowest BCUT2D eigenvalue weighted by Crippen LogP contribution is -2.16. The van der Waals surface area contributed by atoms with Crippen LogP contribution in [0.2, 0.25) is 0 Å². The van der Waals surface area contributed by atoms with Crippen LogP contribution in [0, 0.1) is 0 Å². The van der Waals surface area contributed by atoms with Crippen LogP contribution >= 0.6 is 0 Å². The predicted molar refractivity (Wildman–Crippen MR) is 87.9 cm³/mol. The fourth-order valence-electron chi connectivity index (χ4n) is 2.18. The maximum atomic E-state index is 12.3. The number of aromatic amines is 1. The first kappa shape index (κ1) is 18.2. The number of carbonyl (C=O) groups is 3. The molecule has 1 aliphatic heterocycles. The SMILES string of the molecule is CCOC(=O)c1c[nH]c(C=C2C(=O)NN=C2OCC)c1C(=O)OCC. The van der Waals surface area contributed by atoms with E-state index in [4.69, 9.17) is 14.2 Å². The van der Waals surface area contributed by atoms with Gasteiger partial charge in [-0.1, -0.05) is 0 Å². The van der Waals surface area contributed by atoms with E-state index in [9.17, 15) is 14.4 Å². The Bertz CT molecular complexity index is 747. The van der Waals surface area contributed by atoms with Gasteiger partial charge >= 0.3 is 11.9 Å². The van der Waals surface area contributed by atoms with E-state index < -0.39 is 17.8 Å². The van der Waals surface area contributed by atoms with Crippen LogP contribution in [0.5, 0.6) is 0 Å². The Morgan fingerprint density at radius 3 is 2.44 bits per heavy atom. The topological polar surface area (TPSA) is 119 Å². The third-order valence-electron chi connectivity index (χ3n) is 3.19. The molecule has 0 unspecified atom stereocenters. The zero-order valence-corrected chi connectivity index (χ0v) is 14.2. The van der Waals surface area contributed by atoms with Gasteiger partial charge in [-0.05, 0) is 26.8 Å². The molecule has 25 heavy (non-hydrogen) atoms. The van der Waals surface area contributed by atoms with Crippen molar-refractivity contribution in [3.05, 3.63) is 28.6 Å². The normalized spacial score (nSPS) is 14.9. The molecule has 1 amide bonds. The van der Waals surface area contributed by atoms with Gasteiger partial charge in [0.1, 0.15) is 5.57 Å². The van der Waals surface area contributed by atoms with Crippen LogP contribution < -0.4 is 5.43 Å². The van der Waals surface area contributed by atoms with Gasteiger partial charge in [-0.25, -0.2) is 15.0 Å². The van der Waals surface area contributed by atoms with E-state index >= 15 is 0 Å². The summed E-state index contributed by atoms with van der Waals surface area (Å²) < 4.78 is 15.2. The molecule has 0 bridgehead atoms. The Morgan fingerprint density at radius 2 is 1.80 bits per heavy atom. The average Bonchev–Trinajstić information content (AvgIpc) is 3.14. The number of amides is 1. The number of hydrogen-bond acceptors (Lipinski definition) is 7. The molecule has 0 saturated heterocycles. The summed E-state index contributed by atoms with van der Waals surface area (Å²) in [5, 5.41) is 3.77. The number of H-pyrrole nitrogens is 1. The van der Waals surface area contributed by atoms with E-state index in [1.807, 2.05) is 0 Å². The predicted octanol–water partition coefficient (Wildman–Crippen LogP) is 1.23. The van der Waals surface area contributed by atoms with Crippen molar-refractivity contribution in [2.24, 2.45) is 5.10 Å². The number of ether oxygens (including phenoxy) is 3. The van der Waals surface area contributed by atoms with Gasteiger partial charge in [-0.2, -0.15) is 0 Å². The molecule has 9 nitrogen and oxygen atoms in total. The number of rotatable bonds is 6. The molecule has 1 aromatic heterocycles. The molecule has 2 heterocycles. The number of hydrogen-bond donors (Lipinski definition) is 2. The van der Waals surface area contributed by atoms with Crippen LogP contribution in [0.4, 0.5) is 0 Å². The summed E-state index contributed by atoms with van der Waals surface area (Å²) in [4.78, 5) is 39.0. The smallest absolute Gasteiger partial charge is 0.341 e. The molecular formula is C16H19N3O6. The minimum absolute atomic E-state index is 0.0108. The van der Waals surface area contributed by atoms with E-state index in [2.05, 4.69) is 15.5 Å². The minimum atomic E-state index is -0.702. The van der Waals surface area contributed by atoms with Gasteiger partial charge in [0.05, 0.1) is 36.6 Å².